The number of nitrogens with zero attached hydrogens (tertiary/aromatic N) is 1. The van der Waals surface area contributed by atoms with Gasteiger partial charge in [0.25, 0.3) is 0 Å². The summed E-state index contributed by atoms with van der Waals surface area (Å²) >= 11 is 0. The zero-order valence-corrected chi connectivity index (χ0v) is 11.5. The Morgan fingerprint density at radius 2 is 1.94 bits per heavy atom. The first-order valence-electron chi connectivity index (χ1n) is 7.50. The van der Waals surface area contributed by atoms with Crippen molar-refractivity contribution in [2.24, 2.45) is 5.73 Å². The second kappa shape index (κ2) is 6.53. The van der Waals surface area contributed by atoms with E-state index in [9.17, 15) is 4.79 Å². The standard InChI is InChI=1S/C14H27N3O/c1-2-17(12-6-4-3-5-7-12)10-13(14(15)18)16-11-8-9-11/h11-13,16H,2-10H2,1H3,(H2,15,18). The van der Waals surface area contributed by atoms with Gasteiger partial charge in [-0.1, -0.05) is 26.2 Å². The quantitative estimate of drug-likeness (QED) is 0.718. The van der Waals surface area contributed by atoms with Crippen LogP contribution in [0.3, 0.4) is 0 Å². The van der Waals surface area contributed by atoms with Gasteiger partial charge in [0, 0.05) is 18.6 Å². The Hall–Kier alpha value is -0.610. The zero-order chi connectivity index (χ0) is 13.0. The molecule has 18 heavy (non-hydrogen) atoms. The SMILES string of the molecule is CCN(CC(NC1CC1)C(N)=O)C1CCCCC1. The normalized spacial score (nSPS) is 23.2. The van der Waals surface area contributed by atoms with Crippen LogP contribution in [0, 0.1) is 0 Å². The summed E-state index contributed by atoms with van der Waals surface area (Å²) in [6.07, 6.45) is 8.98. The van der Waals surface area contributed by atoms with Crippen LogP contribution in [0.2, 0.25) is 0 Å². The van der Waals surface area contributed by atoms with Crippen LogP contribution in [-0.4, -0.2) is 42.0 Å². The van der Waals surface area contributed by atoms with Gasteiger partial charge >= 0.3 is 0 Å². The van der Waals surface area contributed by atoms with E-state index in [1.165, 1.54) is 44.9 Å². The molecule has 0 spiro atoms. The van der Waals surface area contributed by atoms with E-state index in [-0.39, 0.29) is 11.9 Å². The van der Waals surface area contributed by atoms with Gasteiger partial charge in [-0.15, -0.1) is 0 Å². The summed E-state index contributed by atoms with van der Waals surface area (Å²) in [5.41, 5.74) is 5.52. The molecule has 2 aliphatic rings. The van der Waals surface area contributed by atoms with Crippen LogP contribution in [0.15, 0.2) is 0 Å². The summed E-state index contributed by atoms with van der Waals surface area (Å²) in [5, 5.41) is 3.38. The van der Waals surface area contributed by atoms with Crippen LogP contribution in [-0.2, 0) is 4.79 Å². The molecule has 2 aliphatic carbocycles. The van der Waals surface area contributed by atoms with Gasteiger partial charge in [-0.2, -0.15) is 0 Å². The summed E-state index contributed by atoms with van der Waals surface area (Å²) in [5.74, 6) is -0.198. The van der Waals surface area contributed by atoms with Crippen LogP contribution in [0.1, 0.15) is 51.9 Å². The lowest BCUT2D eigenvalue weighted by atomic mass is 9.94. The number of amides is 1. The highest BCUT2D eigenvalue weighted by molar-refractivity contribution is 5.80. The summed E-state index contributed by atoms with van der Waals surface area (Å²) in [6.45, 7) is 3.98. The average Bonchev–Trinajstić information content (AvgIpc) is 3.19. The minimum Gasteiger partial charge on any atom is -0.368 e. The predicted molar refractivity (Wildman–Crippen MR) is 73.3 cm³/mol. The lowest BCUT2D eigenvalue weighted by Gasteiger charge is -2.35. The predicted octanol–water partition coefficient (Wildman–Crippen LogP) is 1.25. The molecule has 0 aromatic heterocycles. The van der Waals surface area contributed by atoms with Gasteiger partial charge in [-0.3, -0.25) is 9.69 Å². The molecule has 1 atom stereocenters. The van der Waals surface area contributed by atoms with Crippen LogP contribution < -0.4 is 11.1 Å². The van der Waals surface area contributed by atoms with Crippen molar-refractivity contribution in [1.82, 2.24) is 10.2 Å². The molecule has 0 radical (unpaired) electrons. The van der Waals surface area contributed by atoms with E-state index in [0.29, 0.717) is 12.1 Å². The van der Waals surface area contributed by atoms with Gasteiger partial charge in [0.2, 0.25) is 5.91 Å². The van der Waals surface area contributed by atoms with Crippen LogP contribution in [0.4, 0.5) is 0 Å². The van der Waals surface area contributed by atoms with Crippen molar-refractivity contribution in [3.05, 3.63) is 0 Å². The molecule has 0 aliphatic heterocycles. The smallest absolute Gasteiger partial charge is 0.235 e. The largest absolute Gasteiger partial charge is 0.368 e. The van der Waals surface area contributed by atoms with Gasteiger partial charge in [-0.05, 0) is 32.2 Å². The fourth-order valence-corrected chi connectivity index (χ4v) is 2.98. The van der Waals surface area contributed by atoms with Crippen molar-refractivity contribution in [3.63, 3.8) is 0 Å². The van der Waals surface area contributed by atoms with E-state index >= 15 is 0 Å². The highest BCUT2D eigenvalue weighted by Crippen LogP contribution is 2.23. The molecule has 2 rings (SSSR count). The Morgan fingerprint density at radius 3 is 2.44 bits per heavy atom. The number of carbonyl (C=O) groups is 1. The van der Waals surface area contributed by atoms with Crippen molar-refractivity contribution in [2.75, 3.05) is 13.1 Å². The molecule has 104 valence electrons. The minimum absolute atomic E-state index is 0.167. The van der Waals surface area contributed by atoms with Crippen molar-refractivity contribution < 1.29 is 4.79 Å². The second-order valence-corrected chi connectivity index (χ2v) is 5.78. The van der Waals surface area contributed by atoms with E-state index in [1.54, 1.807) is 0 Å². The Morgan fingerprint density at radius 1 is 1.28 bits per heavy atom. The van der Waals surface area contributed by atoms with E-state index in [0.717, 1.165) is 13.1 Å². The van der Waals surface area contributed by atoms with E-state index in [1.807, 2.05) is 0 Å². The van der Waals surface area contributed by atoms with Crippen molar-refractivity contribution >= 4 is 5.91 Å². The highest BCUT2D eigenvalue weighted by Gasteiger charge is 2.30. The number of nitrogens with two attached hydrogens (primary N) is 1. The number of hydrogen-bond acceptors (Lipinski definition) is 3. The number of rotatable bonds is 7. The second-order valence-electron chi connectivity index (χ2n) is 5.78. The summed E-state index contributed by atoms with van der Waals surface area (Å²) < 4.78 is 0. The van der Waals surface area contributed by atoms with Crippen LogP contribution in [0.25, 0.3) is 0 Å². The number of carbonyl (C=O) groups excluding carboxylic acids is 1. The molecule has 0 saturated heterocycles. The lowest BCUT2D eigenvalue weighted by molar-refractivity contribution is -0.120. The van der Waals surface area contributed by atoms with Gasteiger partial charge in [0.15, 0.2) is 0 Å². The molecule has 2 saturated carbocycles. The van der Waals surface area contributed by atoms with Gasteiger partial charge in [0.1, 0.15) is 0 Å². The van der Waals surface area contributed by atoms with Gasteiger partial charge in [-0.25, -0.2) is 0 Å². The molecule has 4 nitrogen and oxygen atoms in total. The maximum atomic E-state index is 11.5. The number of likely N-dealkylation sites (N-methyl/N-ethyl adjacent to an activating group) is 1. The minimum atomic E-state index is -0.198. The summed E-state index contributed by atoms with van der Waals surface area (Å²) in [7, 11) is 0. The van der Waals surface area contributed by atoms with Crippen LogP contribution >= 0.6 is 0 Å². The Kier molecular flexibility index (Phi) is 5.01. The fourth-order valence-electron chi connectivity index (χ4n) is 2.98. The Balaban J connectivity index is 1.86. The third-order valence-electron chi connectivity index (χ3n) is 4.27. The Labute approximate surface area is 110 Å². The number of hydrogen-bond donors (Lipinski definition) is 2. The first-order chi connectivity index (χ1) is 8.70. The van der Waals surface area contributed by atoms with Crippen LogP contribution in [0.5, 0.6) is 0 Å². The maximum Gasteiger partial charge on any atom is 0.235 e. The van der Waals surface area contributed by atoms with Gasteiger partial charge < -0.3 is 11.1 Å². The monoisotopic (exact) mass is 253 g/mol. The van der Waals surface area contributed by atoms with E-state index < -0.39 is 0 Å². The fraction of sp³-hybridized carbons (Fsp3) is 0.929. The summed E-state index contributed by atoms with van der Waals surface area (Å²) in [6, 6.07) is 1.03. The molecule has 1 amide bonds. The van der Waals surface area contributed by atoms with E-state index in [4.69, 9.17) is 5.73 Å². The molecule has 4 heteroatoms. The molecular formula is C14H27N3O. The van der Waals surface area contributed by atoms with Crippen molar-refractivity contribution in [1.29, 1.82) is 0 Å². The Bertz CT molecular complexity index is 272. The van der Waals surface area contributed by atoms with Gasteiger partial charge in [0.05, 0.1) is 6.04 Å². The summed E-state index contributed by atoms with van der Waals surface area (Å²) in [4.78, 5) is 14.0. The first-order valence-corrected chi connectivity index (χ1v) is 7.50. The number of primary amides is 1. The van der Waals surface area contributed by atoms with Crippen molar-refractivity contribution in [3.8, 4) is 0 Å². The molecule has 2 fully saturated rings. The molecule has 3 N–H and O–H groups in total. The molecule has 0 bridgehead atoms. The topological polar surface area (TPSA) is 58.4 Å². The molecule has 0 aromatic carbocycles. The van der Waals surface area contributed by atoms with E-state index in [2.05, 4.69) is 17.1 Å². The average molecular weight is 253 g/mol. The maximum absolute atomic E-state index is 11.5. The molecule has 1 unspecified atom stereocenters. The lowest BCUT2D eigenvalue weighted by Crippen LogP contribution is -2.52. The molecule has 0 aromatic rings. The number of nitrogens with one attached hydrogen (secondary N) is 1. The highest BCUT2D eigenvalue weighted by atomic mass is 16.1. The van der Waals surface area contributed by atoms with Crippen molar-refractivity contribution in [2.45, 2.75) is 70.0 Å². The third-order valence-corrected chi connectivity index (χ3v) is 4.27. The third kappa shape index (κ3) is 3.95. The molecule has 0 heterocycles. The zero-order valence-electron chi connectivity index (χ0n) is 11.5. The molecular weight excluding hydrogens is 226 g/mol. The first kappa shape index (κ1) is 13.8.